The van der Waals surface area contributed by atoms with E-state index in [1.807, 2.05) is 0 Å². The van der Waals surface area contributed by atoms with Gasteiger partial charge in [-0.05, 0) is 38.1 Å². The number of nitrogens with one attached hydrogen (secondary N) is 1. The SMILES string of the molecule is CC1CN(CCS(=O)(=O)c2ccc(Cl)cc2)C(C)CN1. The summed E-state index contributed by atoms with van der Waals surface area (Å²) in [6.07, 6.45) is 0. The molecule has 0 aromatic heterocycles. The van der Waals surface area contributed by atoms with E-state index < -0.39 is 9.84 Å². The predicted molar refractivity (Wildman–Crippen MR) is 82.0 cm³/mol. The topological polar surface area (TPSA) is 49.4 Å². The Morgan fingerprint density at radius 1 is 1.30 bits per heavy atom. The summed E-state index contributed by atoms with van der Waals surface area (Å²) in [6.45, 7) is 6.60. The Labute approximate surface area is 126 Å². The molecule has 1 aliphatic rings. The number of benzene rings is 1. The fraction of sp³-hybridized carbons (Fsp3) is 0.571. The fourth-order valence-corrected chi connectivity index (χ4v) is 3.79. The minimum Gasteiger partial charge on any atom is -0.311 e. The summed E-state index contributed by atoms with van der Waals surface area (Å²) in [5, 5.41) is 3.94. The Kier molecular flexibility index (Phi) is 5.07. The van der Waals surface area contributed by atoms with Crippen molar-refractivity contribution in [1.29, 1.82) is 0 Å². The molecule has 0 bridgehead atoms. The monoisotopic (exact) mass is 316 g/mol. The molecule has 0 saturated carbocycles. The third-order valence-electron chi connectivity index (χ3n) is 3.71. The van der Waals surface area contributed by atoms with Crippen molar-refractivity contribution in [3.8, 4) is 0 Å². The van der Waals surface area contributed by atoms with Gasteiger partial charge in [0, 0.05) is 36.7 Å². The minimum atomic E-state index is -3.24. The van der Waals surface area contributed by atoms with Crippen molar-refractivity contribution >= 4 is 21.4 Å². The summed E-state index contributed by atoms with van der Waals surface area (Å²) in [4.78, 5) is 2.58. The first-order chi connectivity index (χ1) is 9.38. The summed E-state index contributed by atoms with van der Waals surface area (Å²) in [7, 11) is -3.24. The molecule has 2 unspecified atom stereocenters. The molecule has 1 fully saturated rings. The van der Waals surface area contributed by atoms with E-state index in [9.17, 15) is 8.42 Å². The van der Waals surface area contributed by atoms with Gasteiger partial charge in [0.15, 0.2) is 9.84 Å². The standard InChI is InChI=1S/C14H21ClN2O2S/c1-11-10-17(12(2)9-16-11)7-8-20(18,19)14-5-3-13(15)4-6-14/h3-6,11-12,16H,7-10H2,1-2H3. The van der Waals surface area contributed by atoms with Gasteiger partial charge in [0.2, 0.25) is 0 Å². The van der Waals surface area contributed by atoms with Gasteiger partial charge in [0.1, 0.15) is 0 Å². The second-order valence-electron chi connectivity index (χ2n) is 5.43. The van der Waals surface area contributed by atoms with Gasteiger partial charge in [-0.15, -0.1) is 0 Å². The van der Waals surface area contributed by atoms with Crippen LogP contribution in [0.15, 0.2) is 29.2 Å². The lowest BCUT2D eigenvalue weighted by molar-refractivity contribution is 0.155. The van der Waals surface area contributed by atoms with Gasteiger partial charge in [-0.1, -0.05) is 11.6 Å². The van der Waals surface area contributed by atoms with E-state index >= 15 is 0 Å². The molecule has 1 aromatic rings. The summed E-state index contributed by atoms with van der Waals surface area (Å²) in [5.41, 5.74) is 0. The van der Waals surface area contributed by atoms with Crippen molar-refractivity contribution in [2.24, 2.45) is 0 Å². The van der Waals surface area contributed by atoms with Gasteiger partial charge < -0.3 is 5.32 Å². The summed E-state index contributed by atoms with van der Waals surface area (Å²) >= 11 is 5.79. The van der Waals surface area contributed by atoms with Crippen molar-refractivity contribution in [2.75, 3.05) is 25.4 Å². The molecule has 1 heterocycles. The normalized spacial score (nSPS) is 24.8. The summed E-state index contributed by atoms with van der Waals surface area (Å²) in [6, 6.07) is 7.15. The Bertz CT molecular complexity index is 545. The molecule has 0 amide bonds. The molecule has 20 heavy (non-hydrogen) atoms. The van der Waals surface area contributed by atoms with Crippen molar-refractivity contribution in [3.05, 3.63) is 29.3 Å². The Balaban J connectivity index is 2.00. The first-order valence-electron chi connectivity index (χ1n) is 6.84. The zero-order valence-electron chi connectivity index (χ0n) is 11.8. The van der Waals surface area contributed by atoms with Crippen LogP contribution >= 0.6 is 11.6 Å². The highest BCUT2D eigenvalue weighted by Gasteiger charge is 2.24. The maximum Gasteiger partial charge on any atom is 0.179 e. The molecule has 6 heteroatoms. The molecule has 4 nitrogen and oxygen atoms in total. The fourth-order valence-electron chi connectivity index (χ4n) is 2.41. The van der Waals surface area contributed by atoms with E-state index in [-0.39, 0.29) is 5.75 Å². The quantitative estimate of drug-likeness (QED) is 0.920. The minimum absolute atomic E-state index is 0.145. The average molecular weight is 317 g/mol. The van der Waals surface area contributed by atoms with Crippen LogP contribution < -0.4 is 5.32 Å². The first-order valence-corrected chi connectivity index (χ1v) is 8.87. The maximum absolute atomic E-state index is 12.3. The number of rotatable bonds is 4. The second kappa shape index (κ2) is 6.43. The highest BCUT2D eigenvalue weighted by atomic mass is 35.5. The van der Waals surface area contributed by atoms with Crippen LogP contribution in [0.1, 0.15) is 13.8 Å². The van der Waals surface area contributed by atoms with Gasteiger partial charge in [0.05, 0.1) is 10.6 Å². The van der Waals surface area contributed by atoms with E-state index in [4.69, 9.17) is 11.6 Å². The number of hydrogen-bond acceptors (Lipinski definition) is 4. The number of piperazine rings is 1. The molecule has 0 radical (unpaired) electrons. The smallest absolute Gasteiger partial charge is 0.179 e. The van der Waals surface area contributed by atoms with Crippen LogP contribution in [0.25, 0.3) is 0 Å². The molecular formula is C14H21ClN2O2S. The van der Waals surface area contributed by atoms with Gasteiger partial charge in [-0.3, -0.25) is 4.90 Å². The van der Waals surface area contributed by atoms with Gasteiger partial charge in [0.25, 0.3) is 0 Å². The summed E-state index contributed by atoms with van der Waals surface area (Å²) in [5.74, 6) is 0.145. The Hall–Kier alpha value is -0.620. The van der Waals surface area contributed by atoms with Crippen LogP contribution in [-0.4, -0.2) is 50.8 Å². The maximum atomic E-state index is 12.3. The number of halogens is 1. The van der Waals surface area contributed by atoms with Crippen LogP contribution in [0, 0.1) is 0 Å². The van der Waals surface area contributed by atoms with E-state index in [2.05, 4.69) is 24.1 Å². The highest BCUT2D eigenvalue weighted by Crippen LogP contribution is 2.16. The van der Waals surface area contributed by atoms with Crippen molar-refractivity contribution in [3.63, 3.8) is 0 Å². The summed E-state index contributed by atoms with van der Waals surface area (Å²) < 4.78 is 24.6. The molecule has 2 atom stereocenters. The molecule has 1 aromatic carbocycles. The van der Waals surface area contributed by atoms with Crippen LogP contribution in [0.4, 0.5) is 0 Å². The molecule has 1 saturated heterocycles. The third-order valence-corrected chi connectivity index (χ3v) is 5.68. The van der Waals surface area contributed by atoms with Crippen LogP contribution in [0.3, 0.4) is 0 Å². The van der Waals surface area contributed by atoms with Crippen molar-refractivity contribution in [1.82, 2.24) is 10.2 Å². The lowest BCUT2D eigenvalue weighted by Gasteiger charge is -2.37. The lowest BCUT2D eigenvalue weighted by atomic mass is 10.1. The van der Waals surface area contributed by atoms with E-state index in [1.54, 1.807) is 24.3 Å². The number of nitrogens with zero attached hydrogens (tertiary/aromatic N) is 1. The second-order valence-corrected chi connectivity index (χ2v) is 7.97. The molecule has 1 N–H and O–H groups in total. The van der Waals surface area contributed by atoms with Crippen LogP contribution in [0.2, 0.25) is 5.02 Å². The molecule has 112 valence electrons. The Morgan fingerprint density at radius 3 is 2.60 bits per heavy atom. The molecule has 2 rings (SSSR count). The lowest BCUT2D eigenvalue weighted by Crippen LogP contribution is -2.55. The number of hydrogen-bond donors (Lipinski definition) is 1. The van der Waals surface area contributed by atoms with Gasteiger partial charge in [-0.2, -0.15) is 0 Å². The third kappa shape index (κ3) is 3.95. The zero-order valence-corrected chi connectivity index (χ0v) is 13.4. The molecule has 0 aliphatic carbocycles. The molecule has 0 spiro atoms. The van der Waals surface area contributed by atoms with Crippen molar-refractivity contribution < 1.29 is 8.42 Å². The van der Waals surface area contributed by atoms with Gasteiger partial charge in [-0.25, -0.2) is 8.42 Å². The predicted octanol–water partition coefficient (Wildman–Crippen LogP) is 1.80. The van der Waals surface area contributed by atoms with E-state index in [0.717, 1.165) is 13.1 Å². The van der Waals surface area contributed by atoms with E-state index in [0.29, 0.717) is 28.5 Å². The van der Waals surface area contributed by atoms with Gasteiger partial charge >= 0.3 is 0 Å². The Morgan fingerprint density at radius 2 is 1.95 bits per heavy atom. The van der Waals surface area contributed by atoms with Crippen molar-refractivity contribution in [2.45, 2.75) is 30.8 Å². The first kappa shape index (κ1) is 15.8. The van der Waals surface area contributed by atoms with E-state index in [1.165, 1.54) is 0 Å². The largest absolute Gasteiger partial charge is 0.311 e. The highest BCUT2D eigenvalue weighted by molar-refractivity contribution is 7.91. The number of sulfone groups is 1. The van der Waals surface area contributed by atoms with Crippen LogP contribution in [-0.2, 0) is 9.84 Å². The average Bonchev–Trinajstić information content (AvgIpc) is 2.40. The molecule has 1 aliphatic heterocycles. The molecular weight excluding hydrogens is 296 g/mol. The zero-order chi connectivity index (χ0) is 14.8. The van der Waals surface area contributed by atoms with Crippen LogP contribution in [0.5, 0.6) is 0 Å².